The number of hydrogen-bond acceptors (Lipinski definition) is 0. The van der Waals surface area contributed by atoms with Gasteiger partial charge >= 0.3 is 0 Å². The van der Waals surface area contributed by atoms with Crippen LogP contribution < -0.4 is 18.3 Å². The largest absolute Gasteiger partial charge is 0.212 e. The molecule has 70 heavy (non-hydrogen) atoms. The maximum atomic E-state index is 2.32. The van der Waals surface area contributed by atoms with Gasteiger partial charge in [0.2, 0.25) is 22.8 Å². The third kappa shape index (κ3) is 15.5. The first-order valence-electron chi connectivity index (χ1n) is 25.5. The summed E-state index contributed by atoms with van der Waals surface area (Å²) in [5.74, 6) is 1.27. The summed E-state index contributed by atoms with van der Waals surface area (Å²) in [6, 6.07) is 52.2. The predicted molar refractivity (Wildman–Crippen MR) is 296 cm³/mol. The third-order valence-corrected chi connectivity index (χ3v) is 12.9. The molecule has 0 aliphatic carbocycles. The maximum Gasteiger partial charge on any atom is 0.212 e. The minimum Gasteiger partial charge on any atom is -0.201 e. The lowest BCUT2D eigenvalue weighted by Gasteiger charge is -2.17. The van der Waals surface area contributed by atoms with Gasteiger partial charge in [-0.3, -0.25) is 0 Å². The Bertz CT molecular complexity index is 2950. The lowest BCUT2D eigenvalue weighted by molar-refractivity contribution is -0.660. The minimum absolute atomic E-state index is 0.331. The van der Waals surface area contributed by atoms with Gasteiger partial charge in [-0.05, 0) is 133 Å². The van der Waals surface area contributed by atoms with Crippen LogP contribution in [-0.4, -0.2) is 0 Å². The average Bonchev–Trinajstić information content (AvgIpc) is 3.31. The average molecular weight is 933 g/mol. The molecule has 0 amide bonds. The van der Waals surface area contributed by atoms with Crippen molar-refractivity contribution >= 4 is 0 Å². The van der Waals surface area contributed by atoms with E-state index in [1.165, 1.54) is 89.5 Å². The Morgan fingerprint density at radius 1 is 0.414 bits per heavy atom. The van der Waals surface area contributed by atoms with Crippen molar-refractivity contribution < 1.29 is 18.3 Å². The molecule has 0 saturated carbocycles. The Balaban J connectivity index is 0.000000174. The number of benzene rings is 4. The van der Waals surface area contributed by atoms with Crippen LogP contribution in [0.25, 0.3) is 45.0 Å². The summed E-state index contributed by atoms with van der Waals surface area (Å²) in [6.45, 7) is 26.7. The van der Waals surface area contributed by atoms with Gasteiger partial charge in [0, 0.05) is 70.3 Å². The Hall–Kier alpha value is -6.52. The highest BCUT2D eigenvalue weighted by atomic mass is 14.9. The molecule has 0 saturated heterocycles. The van der Waals surface area contributed by atoms with Gasteiger partial charge in [-0.1, -0.05) is 128 Å². The van der Waals surface area contributed by atoms with Crippen LogP contribution in [0.15, 0.2) is 170 Å². The predicted octanol–water partition coefficient (Wildman–Crippen LogP) is 14.4. The molecule has 0 aliphatic heterocycles. The number of rotatable bonds is 9. The summed E-state index contributed by atoms with van der Waals surface area (Å²) in [7, 11) is 8.45. The van der Waals surface area contributed by atoms with Crippen LogP contribution in [0.2, 0.25) is 0 Å². The Morgan fingerprint density at radius 3 is 1.19 bits per heavy atom. The molecule has 0 bridgehead atoms. The SMILES string of the molecule is CCc1cc[n+](C)c(-c2ccccc2C)c1.Cc1ccccc1-c1cc(C(C)C)cc[n+]1C.Cc1ccccc1-c1cc(CC(C)C)cc[n+]1C.Cc1ccccc1-c1ccc(CC(C)(C)C)c[n+]1C. The van der Waals surface area contributed by atoms with Crippen molar-refractivity contribution in [2.75, 3.05) is 0 Å². The molecule has 0 radical (unpaired) electrons. The van der Waals surface area contributed by atoms with Gasteiger partial charge in [0.05, 0.1) is 0 Å². The molecule has 4 nitrogen and oxygen atoms in total. The van der Waals surface area contributed by atoms with E-state index in [2.05, 4.69) is 300 Å². The van der Waals surface area contributed by atoms with E-state index in [4.69, 9.17) is 0 Å². The van der Waals surface area contributed by atoms with E-state index in [1.54, 1.807) is 0 Å². The Kier molecular flexibility index (Phi) is 19.7. The summed E-state index contributed by atoms with van der Waals surface area (Å²) in [4.78, 5) is 0. The first-order valence-corrected chi connectivity index (χ1v) is 25.5. The quantitative estimate of drug-likeness (QED) is 0.128. The standard InChI is InChI=1S/C18H24N.C17H22N.C16H20N.C15H18N/c1-14-8-6-7-9-16(14)17-11-10-15(13-19(17)5)12-18(2,3)4;1-13(2)11-15-9-10-18(4)17(12-15)16-8-6-5-7-14(16)3;1-12(2)14-9-10-17(4)16(11-14)15-8-6-5-7-13(15)3;1-4-13-9-10-16(3)15(11-13)14-8-6-5-7-12(14)2/h6-11,13H,12H2,1-5H3;5-10,12-13H,11H2,1-4H3;5-12H,1-4H3;5-11H,4H2,1-3H3/q4*+1. The van der Waals surface area contributed by atoms with Gasteiger partial charge < -0.3 is 0 Å². The van der Waals surface area contributed by atoms with Crippen LogP contribution >= 0.6 is 0 Å². The zero-order valence-electron chi connectivity index (χ0n) is 45.7. The molecular weight excluding hydrogens is 849 g/mol. The molecule has 0 fully saturated rings. The second-order valence-corrected chi connectivity index (χ2v) is 21.2. The van der Waals surface area contributed by atoms with Gasteiger partial charge in [0.25, 0.3) is 0 Å². The molecule has 8 rings (SSSR count). The lowest BCUT2D eigenvalue weighted by Crippen LogP contribution is -2.32. The highest BCUT2D eigenvalue weighted by Crippen LogP contribution is 2.26. The second-order valence-electron chi connectivity index (χ2n) is 21.2. The van der Waals surface area contributed by atoms with E-state index in [0.717, 1.165) is 19.3 Å². The van der Waals surface area contributed by atoms with Crippen molar-refractivity contribution in [3.05, 3.63) is 215 Å². The molecule has 4 heteroatoms. The Morgan fingerprint density at radius 2 is 0.800 bits per heavy atom. The number of nitrogens with zero attached hydrogens (tertiary/aromatic N) is 4. The smallest absolute Gasteiger partial charge is 0.201 e. The molecular formula is C66H84N4+4. The number of hydrogen-bond donors (Lipinski definition) is 0. The molecule has 0 N–H and O–H groups in total. The number of aromatic nitrogens is 4. The maximum absolute atomic E-state index is 2.32. The minimum atomic E-state index is 0.331. The van der Waals surface area contributed by atoms with Gasteiger partial charge in [0.1, 0.15) is 28.2 Å². The molecule has 4 heterocycles. The third-order valence-electron chi connectivity index (χ3n) is 12.9. The van der Waals surface area contributed by atoms with Crippen molar-refractivity contribution in [3.63, 3.8) is 0 Å². The molecule has 4 aromatic carbocycles. The van der Waals surface area contributed by atoms with E-state index in [-0.39, 0.29) is 0 Å². The van der Waals surface area contributed by atoms with Crippen molar-refractivity contribution in [1.82, 2.24) is 0 Å². The number of pyridine rings is 4. The summed E-state index contributed by atoms with van der Waals surface area (Å²) in [5.41, 5.74) is 21.6. The first kappa shape index (κ1) is 54.4. The van der Waals surface area contributed by atoms with E-state index in [1.807, 2.05) is 0 Å². The van der Waals surface area contributed by atoms with Crippen molar-refractivity contribution in [2.45, 2.75) is 108 Å². The van der Waals surface area contributed by atoms with E-state index < -0.39 is 0 Å². The fourth-order valence-electron chi connectivity index (χ4n) is 8.90. The second kappa shape index (κ2) is 25.4. The van der Waals surface area contributed by atoms with Crippen LogP contribution in [0.4, 0.5) is 0 Å². The van der Waals surface area contributed by atoms with Crippen molar-refractivity contribution in [3.8, 4) is 45.0 Å². The van der Waals surface area contributed by atoms with E-state index in [9.17, 15) is 0 Å². The summed E-state index contributed by atoms with van der Waals surface area (Å²) >= 11 is 0. The van der Waals surface area contributed by atoms with E-state index >= 15 is 0 Å². The van der Waals surface area contributed by atoms with Crippen molar-refractivity contribution in [2.24, 2.45) is 39.5 Å². The zero-order chi connectivity index (χ0) is 51.1. The van der Waals surface area contributed by atoms with Crippen LogP contribution in [-0.2, 0) is 47.5 Å². The fraction of sp³-hybridized carbons (Fsp3) is 0.333. The molecule has 0 atom stereocenters. The monoisotopic (exact) mass is 933 g/mol. The number of aryl methyl sites for hydroxylation is 9. The van der Waals surface area contributed by atoms with Gasteiger partial charge in [-0.15, -0.1) is 0 Å². The van der Waals surface area contributed by atoms with Crippen molar-refractivity contribution in [1.29, 1.82) is 0 Å². The summed E-state index contributed by atoms with van der Waals surface area (Å²) < 4.78 is 8.81. The van der Waals surface area contributed by atoms with Gasteiger partial charge in [-0.25, -0.2) is 18.3 Å². The van der Waals surface area contributed by atoms with E-state index in [0.29, 0.717) is 17.3 Å². The normalized spacial score (nSPS) is 11.0. The van der Waals surface area contributed by atoms with Crippen LogP contribution in [0, 0.1) is 39.0 Å². The highest BCUT2D eigenvalue weighted by Gasteiger charge is 2.18. The molecule has 0 unspecified atom stereocenters. The Labute approximate surface area is 424 Å². The molecule has 8 aromatic rings. The first-order chi connectivity index (χ1) is 33.3. The lowest BCUT2D eigenvalue weighted by atomic mass is 9.88. The van der Waals surface area contributed by atoms with Gasteiger partial charge in [0.15, 0.2) is 24.8 Å². The summed E-state index contributed by atoms with van der Waals surface area (Å²) in [6.07, 6.45) is 12.0. The van der Waals surface area contributed by atoms with Gasteiger partial charge in [-0.2, -0.15) is 0 Å². The van der Waals surface area contributed by atoms with Crippen LogP contribution in [0.3, 0.4) is 0 Å². The highest BCUT2D eigenvalue weighted by molar-refractivity contribution is 5.63. The van der Waals surface area contributed by atoms with Crippen LogP contribution in [0.1, 0.15) is 106 Å². The fourth-order valence-corrected chi connectivity index (χ4v) is 8.90. The topological polar surface area (TPSA) is 15.5 Å². The van der Waals surface area contributed by atoms with Crippen LogP contribution in [0.5, 0.6) is 0 Å². The zero-order valence-corrected chi connectivity index (χ0v) is 45.7. The summed E-state index contributed by atoms with van der Waals surface area (Å²) in [5, 5.41) is 0. The molecule has 4 aromatic heterocycles. The molecule has 0 aliphatic rings. The molecule has 0 spiro atoms. The molecule has 364 valence electrons.